The number of ether oxygens (including phenoxy) is 1. The topological polar surface area (TPSA) is 67.8 Å². The lowest BCUT2D eigenvalue weighted by molar-refractivity contribution is 0.276. The van der Waals surface area contributed by atoms with E-state index in [0.29, 0.717) is 29.7 Å². The summed E-state index contributed by atoms with van der Waals surface area (Å²) >= 11 is 8.91. The molecule has 0 spiro atoms. The smallest absolute Gasteiger partial charge is 0.145 e. The molecule has 0 amide bonds. The molecule has 7 heteroatoms. The van der Waals surface area contributed by atoms with E-state index in [9.17, 15) is 4.39 Å². The highest BCUT2D eigenvalue weighted by Crippen LogP contribution is 2.31. The van der Waals surface area contributed by atoms with E-state index in [2.05, 4.69) is 21.1 Å². The number of hydrogen-bond acceptors (Lipinski definition) is 3. The lowest BCUT2D eigenvalue weighted by atomic mass is 9.87. The Labute approximate surface area is 130 Å². The quantitative estimate of drug-likeness (QED) is 0.198. The molecule has 3 N–H and O–H groups in total. The van der Waals surface area contributed by atoms with Crippen molar-refractivity contribution in [3.05, 3.63) is 27.4 Å². The molecule has 0 saturated carbocycles. The van der Waals surface area contributed by atoms with Crippen molar-refractivity contribution in [2.75, 3.05) is 6.61 Å². The van der Waals surface area contributed by atoms with Crippen molar-refractivity contribution < 1.29 is 14.3 Å². The Kier molecular flexibility index (Phi) is 6.07. The third-order valence-electron chi connectivity index (χ3n) is 2.98. The standard InChI is InChI=1S/C13H17BrClFN2O2/c1-13(2,12(17)18-19)4-3-5-20-11-7-10(16)9(15)6-8(11)14/h6-7,19H,3-5H2,1-2H3,(H2,17,18). The van der Waals surface area contributed by atoms with Crippen molar-refractivity contribution in [2.45, 2.75) is 26.7 Å². The first-order chi connectivity index (χ1) is 9.27. The number of hydrogen-bond donors (Lipinski definition) is 2. The number of rotatable bonds is 6. The van der Waals surface area contributed by atoms with Crippen LogP contribution in [0.4, 0.5) is 4.39 Å². The van der Waals surface area contributed by atoms with E-state index < -0.39 is 11.2 Å². The van der Waals surface area contributed by atoms with Gasteiger partial charge in [-0.3, -0.25) is 0 Å². The first kappa shape index (κ1) is 17.0. The molecule has 0 bridgehead atoms. The Bertz CT molecular complexity index is 509. The molecule has 0 aliphatic rings. The molecule has 1 aromatic carbocycles. The molecular formula is C13H17BrClFN2O2. The van der Waals surface area contributed by atoms with Crippen LogP contribution in [0.3, 0.4) is 0 Å². The molecule has 0 saturated heterocycles. The maximum Gasteiger partial charge on any atom is 0.145 e. The summed E-state index contributed by atoms with van der Waals surface area (Å²) in [5.41, 5.74) is 5.18. The van der Waals surface area contributed by atoms with Gasteiger partial charge >= 0.3 is 0 Å². The van der Waals surface area contributed by atoms with Crippen molar-refractivity contribution in [1.82, 2.24) is 0 Å². The van der Waals surface area contributed by atoms with Gasteiger partial charge in [-0.05, 0) is 34.8 Å². The van der Waals surface area contributed by atoms with Crippen molar-refractivity contribution in [2.24, 2.45) is 16.3 Å². The molecular weight excluding hydrogens is 351 g/mol. The highest BCUT2D eigenvalue weighted by Gasteiger charge is 2.23. The Morgan fingerprint density at radius 3 is 2.80 bits per heavy atom. The van der Waals surface area contributed by atoms with Gasteiger partial charge in [0.25, 0.3) is 0 Å². The van der Waals surface area contributed by atoms with Gasteiger partial charge in [0, 0.05) is 11.5 Å². The molecule has 4 nitrogen and oxygen atoms in total. The summed E-state index contributed by atoms with van der Waals surface area (Å²) in [6.45, 7) is 4.14. The molecule has 0 aromatic heterocycles. The van der Waals surface area contributed by atoms with Gasteiger partial charge in [-0.2, -0.15) is 0 Å². The third-order valence-corrected chi connectivity index (χ3v) is 3.89. The summed E-state index contributed by atoms with van der Waals surface area (Å²) in [5.74, 6) is 0.0478. The second-order valence-corrected chi connectivity index (χ2v) is 6.28. The minimum atomic E-state index is -0.526. The molecule has 0 heterocycles. The molecule has 112 valence electrons. The van der Waals surface area contributed by atoms with E-state index in [1.54, 1.807) is 0 Å². The Morgan fingerprint density at radius 1 is 1.55 bits per heavy atom. The Hall–Kier alpha value is -1.01. The maximum atomic E-state index is 13.3. The average Bonchev–Trinajstić information content (AvgIpc) is 2.39. The van der Waals surface area contributed by atoms with Gasteiger partial charge in [-0.15, -0.1) is 0 Å². The first-order valence-corrected chi connectivity index (χ1v) is 7.20. The molecule has 1 aromatic rings. The summed E-state index contributed by atoms with van der Waals surface area (Å²) in [5, 5.41) is 11.7. The molecule has 0 aliphatic carbocycles. The van der Waals surface area contributed by atoms with Crippen molar-refractivity contribution in [3.63, 3.8) is 0 Å². The molecule has 0 unspecified atom stereocenters. The van der Waals surface area contributed by atoms with Gasteiger partial charge in [0.1, 0.15) is 17.4 Å². The van der Waals surface area contributed by atoms with Crippen LogP contribution in [0.2, 0.25) is 5.02 Å². The van der Waals surface area contributed by atoms with Crippen LogP contribution in [0, 0.1) is 11.2 Å². The lowest BCUT2D eigenvalue weighted by Crippen LogP contribution is -2.32. The summed E-state index contributed by atoms with van der Waals surface area (Å²) < 4.78 is 19.4. The number of halogens is 3. The number of nitrogens with two attached hydrogens (primary N) is 1. The van der Waals surface area contributed by atoms with E-state index in [0.717, 1.165) is 0 Å². The van der Waals surface area contributed by atoms with Gasteiger partial charge < -0.3 is 15.7 Å². The normalized spacial score (nSPS) is 12.6. The SMILES string of the molecule is CC(C)(CCCOc1cc(F)c(Cl)cc1Br)/C(N)=N/O. The largest absolute Gasteiger partial charge is 0.492 e. The molecule has 1 rings (SSSR count). The molecule has 0 aliphatic heterocycles. The van der Waals surface area contributed by atoms with Gasteiger partial charge in [-0.25, -0.2) is 4.39 Å². The first-order valence-electron chi connectivity index (χ1n) is 6.03. The lowest BCUT2D eigenvalue weighted by Gasteiger charge is -2.22. The third kappa shape index (κ3) is 4.52. The zero-order valence-corrected chi connectivity index (χ0v) is 13.6. The number of nitrogens with zero attached hydrogens (tertiary/aromatic N) is 1. The Morgan fingerprint density at radius 2 is 2.20 bits per heavy atom. The fourth-order valence-electron chi connectivity index (χ4n) is 1.57. The van der Waals surface area contributed by atoms with Gasteiger partial charge in [-0.1, -0.05) is 30.6 Å². The monoisotopic (exact) mass is 366 g/mol. The fourth-order valence-corrected chi connectivity index (χ4v) is 2.33. The van der Waals surface area contributed by atoms with Crippen LogP contribution >= 0.6 is 27.5 Å². The second kappa shape index (κ2) is 7.13. The Balaban J connectivity index is 2.52. The van der Waals surface area contributed by atoms with Crippen molar-refractivity contribution >= 4 is 33.4 Å². The van der Waals surface area contributed by atoms with E-state index in [-0.39, 0.29) is 10.9 Å². The molecule has 20 heavy (non-hydrogen) atoms. The van der Waals surface area contributed by atoms with Crippen LogP contribution in [-0.4, -0.2) is 17.6 Å². The highest BCUT2D eigenvalue weighted by atomic mass is 79.9. The average molecular weight is 368 g/mol. The van der Waals surface area contributed by atoms with Gasteiger partial charge in [0.15, 0.2) is 0 Å². The fraction of sp³-hybridized carbons (Fsp3) is 0.462. The minimum absolute atomic E-state index is 0.0392. The highest BCUT2D eigenvalue weighted by molar-refractivity contribution is 9.10. The van der Waals surface area contributed by atoms with Crippen LogP contribution in [0.15, 0.2) is 21.8 Å². The van der Waals surface area contributed by atoms with Gasteiger partial charge in [0.2, 0.25) is 0 Å². The van der Waals surface area contributed by atoms with Crippen LogP contribution in [-0.2, 0) is 0 Å². The van der Waals surface area contributed by atoms with Crippen LogP contribution in [0.25, 0.3) is 0 Å². The van der Waals surface area contributed by atoms with Crippen molar-refractivity contribution in [3.8, 4) is 5.75 Å². The summed E-state index contributed by atoms with van der Waals surface area (Å²) in [6.07, 6.45) is 1.36. The number of benzene rings is 1. The van der Waals surface area contributed by atoms with Crippen molar-refractivity contribution in [1.29, 1.82) is 0 Å². The zero-order valence-electron chi connectivity index (χ0n) is 11.3. The van der Waals surface area contributed by atoms with Gasteiger partial charge in [0.05, 0.1) is 16.1 Å². The van der Waals surface area contributed by atoms with Crippen LogP contribution < -0.4 is 10.5 Å². The van der Waals surface area contributed by atoms with E-state index in [1.165, 1.54) is 12.1 Å². The summed E-state index contributed by atoms with van der Waals surface area (Å²) in [6, 6.07) is 2.69. The maximum absolute atomic E-state index is 13.3. The number of oxime groups is 1. The van der Waals surface area contributed by atoms with Crippen LogP contribution in [0.1, 0.15) is 26.7 Å². The summed E-state index contributed by atoms with van der Waals surface area (Å²) in [7, 11) is 0. The van der Waals surface area contributed by atoms with E-state index in [4.69, 9.17) is 27.3 Å². The molecule has 0 fully saturated rings. The minimum Gasteiger partial charge on any atom is -0.492 e. The van der Waals surface area contributed by atoms with E-state index >= 15 is 0 Å². The molecule has 0 radical (unpaired) electrons. The zero-order chi connectivity index (χ0) is 15.3. The predicted molar refractivity (Wildman–Crippen MR) is 81.0 cm³/mol. The summed E-state index contributed by atoms with van der Waals surface area (Å²) in [4.78, 5) is 0. The predicted octanol–water partition coefficient (Wildman–Crippen LogP) is 4.17. The number of amidine groups is 1. The van der Waals surface area contributed by atoms with Crippen LogP contribution in [0.5, 0.6) is 5.75 Å². The van der Waals surface area contributed by atoms with E-state index in [1.807, 2.05) is 13.8 Å². The second-order valence-electron chi connectivity index (χ2n) is 5.02. The molecule has 0 atom stereocenters.